The molecule has 1 aromatic carbocycles. The first-order chi connectivity index (χ1) is 7.59. The Morgan fingerprint density at radius 2 is 2.06 bits per heavy atom. The van der Waals surface area contributed by atoms with E-state index in [1.54, 1.807) is 29.9 Å². The minimum Gasteiger partial charge on any atom is -0.477 e. The molecular weight excluding hydrogens is 226 g/mol. The van der Waals surface area contributed by atoms with Crippen LogP contribution < -0.4 is 0 Å². The zero-order chi connectivity index (χ0) is 11.7. The second kappa shape index (κ2) is 4.02. The van der Waals surface area contributed by atoms with Gasteiger partial charge in [-0.25, -0.2) is 4.79 Å². The summed E-state index contributed by atoms with van der Waals surface area (Å²) < 4.78 is 1.57. The zero-order valence-electron chi connectivity index (χ0n) is 8.64. The largest absolute Gasteiger partial charge is 0.477 e. The molecule has 82 valence electrons. The summed E-state index contributed by atoms with van der Waals surface area (Å²) >= 11 is 6.04. The molecule has 0 aliphatic rings. The van der Waals surface area contributed by atoms with Crippen LogP contribution in [0.4, 0.5) is 0 Å². The minimum atomic E-state index is -0.944. The molecule has 3 nitrogen and oxygen atoms in total. The molecule has 0 radical (unpaired) electrons. The van der Waals surface area contributed by atoms with Gasteiger partial charge in [0.15, 0.2) is 0 Å². The maximum Gasteiger partial charge on any atom is 0.352 e. The second-order valence-corrected chi connectivity index (χ2v) is 3.92. The Hall–Kier alpha value is -1.74. The van der Waals surface area contributed by atoms with E-state index < -0.39 is 5.97 Å². The summed E-state index contributed by atoms with van der Waals surface area (Å²) in [5.74, 6) is -0.944. The lowest BCUT2D eigenvalue weighted by molar-refractivity contribution is 0.0686. The summed E-state index contributed by atoms with van der Waals surface area (Å²) in [6.07, 6.45) is 1.75. The van der Waals surface area contributed by atoms with Crippen LogP contribution >= 0.6 is 11.6 Å². The Balaban J connectivity index is 2.54. The number of hydrogen-bond acceptors (Lipinski definition) is 1. The third kappa shape index (κ3) is 1.82. The monoisotopic (exact) mass is 235 g/mol. The number of carbonyl (C=O) groups is 1. The van der Waals surface area contributed by atoms with Gasteiger partial charge in [0.05, 0.1) is 0 Å². The van der Waals surface area contributed by atoms with E-state index >= 15 is 0 Å². The van der Waals surface area contributed by atoms with Crippen molar-refractivity contribution in [1.82, 2.24) is 4.57 Å². The molecule has 0 unspecified atom stereocenters. The van der Waals surface area contributed by atoms with Crippen LogP contribution in [-0.4, -0.2) is 15.6 Å². The van der Waals surface area contributed by atoms with Gasteiger partial charge in [0.2, 0.25) is 0 Å². The van der Waals surface area contributed by atoms with Crippen LogP contribution in [-0.2, 0) is 7.05 Å². The lowest BCUT2D eigenvalue weighted by atomic mass is 10.1. The number of carboxylic acids is 1. The number of benzene rings is 1. The second-order valence-electron chi connectivity index (χ2n) is 3.51. The molecule has 1 aromatic heterocycles. The van der Waals surface area contributed by atoms with E-state index in [0.717, 1.165) is 11.1 Å². The summed E-state index contributed by atoms with van der Waals surface area (Å²) in [4.78, 5) is 10.9. The molecule has 0 saturated carbocycles. The highest BCUT2D eigenvalue weighted by molar-refractivity contribution is 6.33. The van der Waals surface area contributed by atoms with E-state index in [0.29, 0.717) is 5.02 Å². The number of hydrogen-bond donors (Lipinski definition) is 1. The van der Waals surface area contributed by atoms with Gasteiger partial charge in [0.1, 0.15) is 5.69 Å². The Kier molecular flexibility index (Phi) is 2.71. The molecule has 0 saturated heterocycles. The fourth-order valence-electron chi connectivity index (χ4n) is 1.62. The molecule has 2 aromatic rings. The van der Waals surface area contributed by atoms with Crippen LogP contribution in [0.2, 0.25) is 5.02 Å². The average molecular weight is 236 g/mol. The van der Waals surface area contributed by atoms with Gasteiger partial charge in [-0.1, -0.05) is 29.8 Å². The Bertz CT molecular complexity index is 546. The predicted molar refractivity (Wildman–Crippen MR) is 62.8 cm³/mol. The number of halogens is 1. The fraction of sp³-hybridized carbons (Fsp3) is 0.0833. The first-order valence-electron chi connectivity index (χ1n) is 4.74. The summed E-state index contributed by atoms with van der Waals surface area (Å²) in [7, 11) is 1.70. The normalized spacial score (nSPS) is 10.4. The van der Waals surface area contributed by atoms with Crippen LogP contribution in [0.25, 0.3) is 11.1 Å². The van der Waals surface area contributed by atoms with Crippen molar-refractivity contribution in [3.05, 3.63) is 47.2 Å². The van der Waals surface area contributed by atoms with E-state index in [1.165, 1.54) is 0 Å². The van der Waals surface area contributed by atoms with Gasteiger partial charge in [-0.15, -0.1) is 0 Å². The SMILES string of the molecule is Cn1cc(-c2ccccc2Cl)cc1C(=O)O. The van der Waals surface area contributed by atoms with Crippen molar-refractivity contribution in [2.75, 3.05) is 0 Å². The molecular formula is C12H10ClNO2. The summed E-state index contributed by atoms with van der Waals surface area (Å²) in [6, 6.07) is 8.97. The Labute approximate surface area is 97.9 Å². The van der Waals surface area contributed by atoms with Gasteiger partial charge in [-0.2, -0.15) is 0 Å². The van der Waals surface area contributed by atoms with Gasteiger partial charge >= 0.3 is 5.97 Å². The van der Waals surface area contributed by atoms with E-state index in [4.69, 9.17) is 16.7 Å². The van der Waals surface area contributed by atoms with Crippen LogP contribution in [0.15, 0.2) is 36.5 Å². The third-order valence-corrected chi connectivity index (χ3v) is 2.74. The molecule has 2 rings (SSSR count). The van der Waals surface area contributed by atoms with Gasteiger partial charge < -0.3 is 9.67 Å². The van der Waals surface area contributed by atoms with Crippen molar-refractivity contribution in [3.63, 3.8) is 0 Å². The number of aromatic carboxylic acids is 1. The van der Waals surface area contributed by atoms with Crippen molar-refractivity contribution >= 4 is 17.6 Å². The highest BCUT2D eigenvalue weighted by Crippen LogP contribution is 2.28. The zero-order valence-corrected chi connectivity index (χ0v) is 9.40. The summed E-state index contributed by atoms with van der Waals surface area (Å²) in [5.41, 5.74) is 1.90. The lowest BCUT2D eigenvalue weighted by Gasteiger charge is -1.99. The first kappa shape index (κ1) is 10.8. The molecule has 4 heteroatoms. The fourth-order valence-corrected chi connectivity index (χ4v) is 1.86. The predicted octanol–water partition coefficient (Wildman–Crippen LogP) is 3.04. The number of carboxylic acid groups (broad SMARTS) is 1. The minimum absolute atomic E-state index is 0.245. The molecule has 0 bridgehead atoms. The van der Waals surface area contributed by atoms with E-state index in [-0.39, 0.29) is 5.69 Å². The molecule has 1 heterocycles. The van der Waals surface area contributed by atoms with Crippen molar-refractivity contribution in [1.29, 1.82) is 0 Å². The van der Waals surface area contributed by atoms with Crippen LogP contribution in [0.1, 0.15) is 10.5 Å². The molecule has 0 atom stereocenters. The topological polar surface area (TPSA) is 42.2 Å². The van der Waals surface area contributed by atoms with E-state index in [9.17, 15) is 4.79 Å². The number of aromatic nitrogens is 1. The molecule has 0 aliphatic carbocycles. The number of nitrogens with zero attached hydrogens (tertiary/aromatic N) is 1. The molecule has 0 fully saturated rings. The van der Waals surface area contributed by atoms with Crippen molar-refractivity contribution in [2.45, 2.75) is 0 Å². The maximum absolute atomic E-state index is 10.9. The maximum atomic E-state index is 10.9. The van der Waals surface area contributed by atoms with Gasteiger partial charge in [-0.05, 0) is 12.1 Å². The van der Waals surface area contributed by atoms with Crippen LogP contribution in [0, 0.1) is 0 Å². The summed E-state index contributed by atoms with van der Waals surface area (Å²) in [5, 5.41) is 9.56. The highest BCUT2D eigenvalue weighted by atomic mass is 35.5. The Morgan fingerprint density at radius 1 is 1.38 bits per heavy atom. The van der Waals surface area contributed by atoms with E-state index in [1.807, 2.05) is 18.2 Å². The van der Waals surface area contributed by atoms with Crippen molar-refractivity contribution in [3.8, 4) is 11.1 Å². The molecule has 0 spiro atoms. The standard InChI is InChI=1S/C12H10ClNO2/c1-14-7-8(6-11(14)12(15)16)9-4-2-3-5-10(9)13/h2-7H,1H3,(H,15,16). The highest BCUT2D eigenvalue weighted by Gasteiger charge is 2.12. The molecule has 0 amide bonds. The smallest absolute Gasteiger partial charge is 0.352 e. The lowest BCUT2D eigenvalue weighted by Crippen LogP contribution is -2.02. The molecule has 0 aliphatic heterocycles. The molecule has 16 heavy (non-hydrogen) atoms. The van der Waals surface area contributed by atoms with E-state index in [2.05, 4.69) is 0 Å². The third-order valence-electron chi connectivity index (χ3n) is 2.41. The molecule has 1 N–H and O–H groups in total. The van der Waals surface area contributed by atoms with Gasteiger partial charge in [0, 0.05) is 29.4 Å². The van der Waals surface area contributed by atoms with Crippen LogP contribution in [0.3, 0.4) is 0 Å². The summed E-state index contributed by atoms with van der Waals surface area (Å²) in [6.45, 7) is 0. The first-order valence-corrected chi connectivity index (χ1v) is 5.12. The van der Waals surface area contributed by atoms with Crippen molar-refractivity contribution < 1.29 is 9.90 Å². The van der Waals surface area contributed by atoms with Crippen LogP contribution in [0.5, 0.6) is 0 Å². The van der Waals surface area contributed by atoms with Gasteiger partial charge in [0.25, 0.3) is 0 Å². The number of rotatable bonds is 2. The quantitative estimate of drug-likeness (QED) is 0.869. The van der Waals surface area contributed by atoms with Gasteiger partial charge in [-0.3, -0.25) is 0 Å². The Morgan fingerprint density at radius 3 is 2.62 bits per heavy atom. The number of aryl methyl sites for hydroxylation is 1. The van der Waals surface area contributed by atoms with Crippen molar-refractivity contribution in [2.24, 2.45) is 7.05 Å². The average Bonchev–Trinajstić information content (AvgIpc) is 2.61.